The number of para-hydroxylation sites is 1. The fourth-order valence-corrected chi connectivity index (χ4v) is 3.53. The number of hydrogen-bond donors (Lipinski definition) is 2. The first-order valence-electron chi connectivity index (χ1n) is 10.4. The number of guanidine groups is 1. The molecule has 5 heteroatoms. The number of nitrogens with one attached hydrogen (secondary N) is 1. The van der Waals surface area contributed by atoms with E-state index >= 15 is 0 Å². The number of rotatable bonds is 8. The number of unbranched alkanes of at least 4 members (excludes halogenated alkanes) is 1. The quantitative estimate of drug-likeness (QED) is 0.418. The summed E-state index contributed by atoms with van der Waals surface area (Å²) < 4.78 is 0. The lowest BCUT2D eigenvalue weighted by Crippen LogP contribution is -2.46. The molecule has 0 spiro atoms. The lowest BCUT2D eigenvalue weighted by molar-refractivity contribution is 0.253. The van der Waals surface area contributed by atoms with Gasteiger partial charge in [0.1, 0.15) is 0 Å². The first-order chi connectivity index (χ1) is 13.7. The summed E-state index contributed by atoms with van der Waals surface area (Å²) in [6.45, 7) is 8.55. The van der Waals surface area contributed by atoms with Crippen LogP contribution in [0.15, 0.2) is 59.6 Å². The fourth-order valence-electron chi connectivity index (χ4n) is 3.53. The van der Waals surface area contributed by atoms with Crippen molar-refractivity contribution in [1.82, 2.24) is 4.90 Å². The Hall–Kier alpha value is -2.53. The molecular formula is C23H33N5. The molecule has 0 bridgehead atoms. The van der Waals surface area contributed by atoms with Gasteiger partial charge in [-0.3, -0.25) is 9.89 Å². The topological polar surface area (TPSA) is 56.9 Å². The summed E-state index contributed by atoms with van der Waals surface area (Å²) in [5.41, 5.74) is 9.65. The van der Waals surface area contributed by atoms with Crippen molar-refractivity contribution in [3.05, 3.63) is 60.2 Å². The highest BCUT2D eigenvalue weighted by Crippen LogP contribution is 2.15. The number of anilines is 2. The molecule has 0 atom stereocenters. The molecule has 1 fully saturated rings. The molecule has 0 amide bonds. The summed E-state index contributed by atoms with van der Waals surface area (Å²) in [5, 5.41) is 3.17. The van der Waals surface area contributed by atoms with Gasteiger partial charge < -0.3 is 16.0 Å². The van der Waals surface area contributed by atoms with Crippen LogP contribution in [0, 0.1) is 0 Å². The monoisotopic (exact) mass is 379 g/mol. The van der Waals surface area contributed by atoms with Crippen LogP contribution in [0.5, 0.6) is 0 Å². The van der Waals surface area contributed by atoms with Gasteiger partial charge in [0.05, 0.1) is 0 Å². The molecule has 0 aromatic heterocycles. The van der Waals surface area contributed by atoms with Crippen molar-refractivity contribution in [1.29, 1.82) is 0 Å². The summed E-state index contributed by atoms with van der Waals surface area (Å²) in [5.74, 6) is 0.501. The van der Waals surface area contributed by atoms with E-state index in [1.54, 1.807) is 0 Å². The summed E-state index contributed by atoms with van der Waals surface area (Å²) in [6, 6.07) is 19.0. The summed E-state index contributed by atoms with van der Waals surface area (Å²) in [4.78, 5) is 9.48. The molecule has 150 valence electrons. The second-order valence-corrected chi connectivity index (χ2v) is 7.31. The highest BCUT2D eigenvalue weighted by atomic mass is 15.3. The minimum absolute atomic E-state index is 0.501. The number of nitrogens with zero attached hydrogens (tertiary/aromatic N) is 3. The lowest BCUT2D eigenvalue weighted by Gasteiger charge is -2.36. The number of nitrogens with two attached hydrogens (primary N) is 1. The van der Waals surface area contributed by atoms with E-state index in [1.807, 2.05) is 0 Å². The zero-order valence-electron chi connectivity index (χ0n) is 17.0. The normalized spacial score (nSPS) is 15.6. The SMILES string of the molecule is CCc1ccc(NC(N)=NCCCCN2CCN(c3ccccc3)CC2)cc1. The Balaban J connectivity index is 1.30. The van der Waals surface area contributed by atoms with Crippen LogP contribution in [0.25, 0.3) is 0 Å². The van der Waals surface area contributed by atoms with Crippen LogP contribution in [0.3, 0.4) is 0 Å². The van der Waals surface area contributed by atoms with Crippen LogP contribution in [0.4, 0.5) is 11.4 Å². The molecule has 1 aliphatic rings. The molecule has 28 heavy (non-hydrogen) atoms. The van der Waals surface area contributed by atoms with E-state index in [1.165, 1.54) is 11.3 Å². The Morgan fingerprint density at radius 1 is 0.964 bits per heavy atom. The highest BCUT2D eigenvalue weighted by Gasteiger charge is 2.16. The molecule has 2 aromatic carbocycles. The van der Waals surface area contributed by atoms with Crippen LogP contribution in [0.2, 0.25) is 0 Å². The Kier molecular flexibility index (Phi) is 7.73. The minimum Gasteiger partial charge on any atom is -0.370 e. The molecule has 2 aromatic rings. The van der Waals surface area contributed by atoms with Gasteiger partial charge in [0, 0.05) is 44.1 Å². The number of hydrogen-bond acceptors (Lipinski definition) is 3. The fraction of sp³-hybridized carbons (Fsp3) is 0.435. The second-order valence-electron chi connectivity index (χ2n) is 7.31. The molecular weight excluding hydrogens is 346 g/mol. The van der Waals surface area contributed by atoms with Crippen LogP contribution in [-0.4, -0.2) is 50.1 Å². The third-order valence-electron chi connectivity index (χ3n) is 5.29. The van der Waals surface area contributed by atoms with Crippen molar-refractivity contribution in [2.75, 3.05) is 49.5 Å². The van der Waals surface area contributed by atoms with E-state index in [2.05, 4.69) is 81.6 Å². The summed E-state index contributed by atoms with van der Waals surface area (Å²) in [7, 11) is 0. The molecule has 0 unspecified atom stereocenters. The molecule has 3 N–H and O–H groups in total. The standard InChI is InChI=1S/C23H33N5/c1-2-20-10-12-21(13-11-20)26-23(24)25-14-6-7-15-27-16-18-28(19-17-27)22-8-4-3-5-9-22/h3-5,8-13H,2,6-7,14-19H2,1H3,(H3,24,25,26). The molecule has 3 rings (SSSR count). The number of aliphatic imine (C=N–C) groups is 1. The Morgan fingerprint density at radius 3 is 2.36 bits per heavy atom. The summed E-state index contributed by atoms with van der Waals surface area (Å²) in [6.07, 6.45) is 3.27. The van der Waals surface area contributed by atoms with Crippen molar-refractivity contribution >= 4 is 17.3 Å². The minimum atomic E-state index is 0.501. The van der Waals surface area contributed by atoms with Crippen LogP contribution < -0.4 is 16.0 Å². The van der Waals surface area contributed by atoms with Crippen molar-refractivity contribution in [3.8, 4) is 0 Å². The average Bonchev–Trinajstić information content (AvgIpc) is 2.75. The lowest BCUT2D eigenvalue weighted by atomic mass is 10.1. The molecule has 1 aliphatic heterocycles. The Labute approximate surface area is 169 Å². The highest BCUT2D eigenvalue weighted by molar-refractivity contribution is 5.92. The molecule has 0 aliphatic carbocycles. The maximum atomic E-state index is 5.99. The van der Waals surface area contributed by atoms with Gasteiger partial charge in [0.2, 0.25) is 0 Å². The molecule has 5 nitrogen and oxygen atoms in total. The van der Waals surface area contributed by atoms with Gasteiger partial charge in [-0.2, -0.15) is 0 Å². The molecule has 1 heterocycles. The molecule has 0 radical (unpaired) electrons. The van der Waals surface area contributed by atoms with E-state index in [0.29, 0.717) is 5.96 Å². The number of aryl methyl sites for hydroxylation is 1. The first-order valence-corrected chi connectivity index (χ1v) is 10.4. The van der Waals surface area contributed by atoms with Gasteiger partial charge in [-0.05, 0) is 55.6 Å². The predicted octanol–water partition coefficient (Wildman–Crippen LogP) is 3.58. The van der Waals surface area contributed by atoms with Gasteiger partial charge >= 0.3 is 0 Å². The third-order valence-corrected chi connectivity index (χ3v) is 5.29. The Morgan fingerprint density at radius 2 is 1.68 bits per heavy atom. The van der Waals surface area contributed by atoms with Gasteiger partial charge in [0.25, 0.3) is 0 Å². The van der Waals surface area contributed by atoms with Gasteiger partial charge in [-0.25, -0.2) is 0 Å². The molecule has 0 saturated carbocycles. The van der Waals surface area contributed by atoms with E-state index in [9.17, 15) is 0 Å². The van der Waals surface area contributed by atoms with Crippen molar-refractivity contribution in [2.24, 2.45) is 10.7 Å². The van der Waals surface area contributed by atoms with E-state index in [4.69, 9.17) is 5.73 Å². The summed E-state index contributed by atoms with van der Waals surface area (Å²) >= 11 is 0. The number of piperazine rings is 1. The third kappa shape index (κ3) is 6.27. The van der Waals surface area contributed by atoms with Crippen LogP contribution in [-0.2, 0) is 6.42 Å². The zero-order chi connectivity index (χ0) is 19.6. The van der Waals surface area contributed by atoms with E-state index in [-0.39, 0.29) is 0 Å². The van der Waals surface area contributed by atoms with Crippen molar-refractivity contribution < 1.29 is 0 Å². The average molecular weight is 380 g/mol. The molecule has 1 saturated heterocycles. The number of benzene rings is 2. The van der Waals surface area contributed by atoms with Gasteiger partial charge in [0.15, 0.2) is 5.96 Å². The van der Waals surface area contributed by atoms with Crippen LogP contribution in [0.1, 0.15) is 25.3 Å². The largest absolute Gasteiger partial charge is 0.370 e. The van der Waals surface area contributed by atoms with Gasteiger partial charge in [-0.1, -0.05) is 37.3 Å². The van der Waals surface area contributed by atoms with Crippen molar-refractivity contribution in [2.45, 2.75) is 26.2 Å². The van der Waals surface area contributed by atoms with E-state index in [0.717, 1.165) is 64.2 Å². The zero-order valence-corrected chi connectivity index (χ0v) is 17.0. The maximum absolute atomic E-state index is 5.99. The van der Waals surface area contributed by atoms with Crippen molar-refractivity contribution in [3.63, 3.8) is 0 Å². The smallest absolute Gasteiger partial charge is 0.193 e. The predicted molar refractivity (Wildman–Crippen MR) is 120 cm³/mol. The first kappa shape index (κ1) is 20.2. The van der Waals surface area contributed by atoms with E-state index < -0.39 is 0 Å². The second kappa shape index (κ2) is 10.7. The Bertz CT molecular complexity index is 718. The maximum Gasteiger partial charge on any atom is 0.193 e. The van der Waals surface area contributed by atoms with Crippen LogP contribution >= 0.6 is 0 Å². The van der Waals surface area contributed by atoms with Gasteiger partial charge in [-0.15, -0.1) is 0 Å².